The fourth-order valence-electron chi connectivity index (χ4n) is 2.79. The number of fused-ring (bicyclic) bond motifs is 1. The van der Waals surface area contributed by atoms with Gasteiger partial charge in [0.2, 0.25) is 0 Å². The lowest BCUT2D eigenvalue weighted by Gasteiger charge is -2.33. The standard InChI is InChI=1S/C18H19NO3/c1-3-5-12-8-13-6-4-7-19-17(13)16(9-12)22-15-10-14(11-15)18(20)21-2/h3-4,6-9,14-15H,1,5,10-11H2,2H3. The molecule has 0 unspecified atom stereocenters. The maximum absolute atomic E-state index is 11.4. The zero-order chi connectivity index (χ0) is 15.5. The lowest BCUT2D eigenvalue weighted by molar-refractivity contribution is -0.151. The first-order chi connectivity index (χ1) is 10.7. The normalized spacial score (nSPS) is 20.2. The average Bonchev–Trinajstić information content (AvgIpc) is 2.50. The number of hydrogen-bond donors (Lipinski definition) is 0. The molecule has 3 rings (SSSR count). The van der Waals surface area contributed by atoms with Gasteiger partial charge in [-0.3, -0.25) is 9.78 Å². The van der Waals surface area contributed by atoms with Gasteiger partial charge in [0.05, 0.1) is 13.0 Å². The highest BCUT2D eigenvalue weighted by molar-refractivity contribution is 5.85. The molecule has 0 atom stereocenters. The maximum atomic E-state index is 11.4. The smallest absolute Gasteiger partial charge is 0.308 e. The van der Waals surface area contributed by atoms with Crippen molar-refractivity contribution in [3.8, 4) is 5.75 Å². The maximum Gasteiger partial charge on any atom is 0.308 e. The number of rotatable bonds is 5. The molecule has 0 radical (unpaired) electrons. The van der Waals surface area contributed by atoms with Crippen LogP contribution in [0.15, 0.2) is 43.1 Å². The number of allylic oxidation sites excluding steroid dienone is 1. The first kappa shape index (κ1) is 14.6. The summed E-state index contributed by atoms with van der Waals surface area (Å²) in [6.07, 6.45) is 5.88. The molecule has 22 heavy (non-hydrogen) atoms. The number of carbonyl (C=O) groups excluding carboxylic acids is 1. The van der Waals surface area contributed by atoms with Crippen molar-refractivity contribution < 1.29 is 14.3 Å². The quantitative estimate of drug-likeness (QED) is 0.627. The average molecular weight is 297 g/mol. The summed E-state index contributed by atoms with van der Waals surface area (Å²) in [6.45, 7) is 3.78. The first-order valence-electron chi connectivity index (χ1n) is 7.44. The molecule has 0 amide bonds. The van der Waals surface area contributed by atoms with E-state index in [0.29, 0.717) is 12.8 Å². The minimum atomic E-state index is -0.150. The molecule has 0 N–H and O–H groups in total. The third-order valence-electron chi connectivity index (χ3n) is 4.03. The monoisotopic (exact) mass is 297 g/mol. The minimum Gasteiger partial charge on any atom is -0.488 e. The van der Waals surface area contributed by atoms with Crippen molar-refractivity contribution in [3.05, 3.63) is 48.7 Å². The van der Waals surface area contributed by atoms with Crippen LogP contribution in [0.3, 0.4) is 0 Å². The summed E-state index contributed by atoms with van der Waals surface area (Å²) in [4.78, 5) is 15.9. The second-order valence-corrected chi connectivity index (χ2v) is 5.59. The number of benzene rings is 1. The van der Waals surface area contributed by atoms with Gasteiger partial charge in [0.25, 0.3) is 0 Å². The van der Waals surface area contributed by atoms with E-state index in [2.05, 4.69) is 17.6 Å². The molecule has 4 heteroatoms. The van der Waals surface area contributed by atoms with Crippen LogP contribution in [0.1, 0.15) is 18.4 Å². The van der Waals surface area contributed by atoms with E-state index in [-0.39, 0.29) is 18.0 Å². The largest absolute Gasteiger partial charge is 0.488 e. The summed E-state index contributed by atoms with van der Waals surface area (Å²) in [5.74, 6) is 0.595. The van der Waals surface area contributed by atoms with Crippen LogP contribution in [0.5, 0.6) is 5.75 Å². The van der Waals surface area contributed by atoms with Crippen molar-refractivity contribution in [2.75, 3.05) is 7.11 Å². The van der Waals surface area contributed by atoms with Crippen molar-refractivity contribution in [1.29, 1.82) is 0 Å². The topological polar surface area (TPSA) is 48.4 Å². The summed E-state index contributed by atoms with van der Waals surface area (Å²) in [7, 11) is 1.42. The minimum absolute atomic E-state index is 0.0365. The Labute approximate surface area is 129 Å². The molecule has 0 aliphatic heterocycles. The Hall–Kier alpha value is -2.36. The van der Waals surface area contributed by atoms with Gasteiger partial charge in [-0.15, -0.1) is 6.58 Å². The molecule has 1 aliphatic rings. The Morgan fingerprint density at radius 1 is 1.45 bits per heavy atom. The van der Waals surface area contributed by atoms with Crippen LogP contribution in [0.2, 0.25) is 0 Å². The fraction of sp³-hybridized carbons (Fsp3) is 0.333. The van der Waals surface area contributed by atoms with Crippen molar-refractivity contribution in [2.45, 2.75) is 25.4 Å². The molecule has 1 fully saturated rings. The Kier molecular flexibility index (Phi) is 4.09. The number of hydrogen-bond acceptors (Lipinski definition) is 4. The van der Waals surface area contributed by atoms with E-state index in [0.717, 1.165) is 28.6 Å². The van der Waals surface area contributed by atoms with Gasteiger partial charge in [0.15, 0.2) is 0 Å². The molecular formula is C18H19NO3. The lowest BCUT2D eigenvalue weighted by Crippen LogP contribution is -2.38. The van der Waals surface area contributed by atoms with E-state index in [1.807, 2.05) is 24.3 Å². The number of aromatic nitrogens is 1. The molecule has 1 heterocycles. The molecule has 114 valence electrons. The van der Waals surface area contributed by atoms with Gasteiger partial charge in [-0.25, -0.2) is 0 Å². The van der Waals surface area contributed by atoms with Gasteiger partial charge in [-0.05, 0) is 43.0 Å². The van der Waals surface area contributed by atoms with Crippen molar-refractivity contribution in [2.24, 2.45) is 5.92 Å². The van der Waals surface area contributed by atoms with Gasteiger partial charge in [-0.2, -0.15) is 0 Å². The van der Waals surface area contributed by atoms with Crippen molar-refractivity contribution in [3.63, 3.8) is 0 Å². The van der Waals surface area contributed by atoms with Gasteiger partial charge < -0.3 is 9.47 Å². The number of esters is 1. The zero-order valence-corrected chi connectivity index (χ0v) is 12.6. The Bertz CT molecular complexity index is 705. The lowest BCUT2D eigenvalue weighted by atomic mass is 9.82. The molecule has 0 bridgehead atoms. The highest BCUT2D eigenvalue weighted by Gasteiger charge is 2.37. The van der Waals surface area contributed by atoms with Crippen LogP contribution in [0.4, 0.5) is 0 Å². The first-order valence-corrected chi connectivity index (χ1v) is 7.44. The van der Waals surface area contributed by atoms with E-state index in [4.69, 9.17) is 9.47 Å². The van der Waals surface area contributed by atoms with Crippen molar-refractivity contribution >= 4 is 16.9 Å². The van der Waals surface area contributed by atoms with Crippen LogP contribution in [-0.2, 0) is 16.0 Å². The number of ether oxygens (including phenoxy) is 2. The molecule has 1 aromatic heterocycles. The number of methoxy groups -OCH3 is 1. The van der Waals surface area contributed by atoms with Crippen molar-refractivity contribution in [1.82, 2.24) is 4.98 Å². The van der Waals surface area contributed by atoms with Crippen LogP contribution in [-0.4, -0.2) is 24.2 Å². The number of nitrogens with zero attached hydrogens (tertiary/aromatic N) is 1. The van der Waals surface area contributed by atoms with Gasteiger partial charge in [0, 0.05) is 11.6 Å². The Balaban J connectivity index is 1.81. The van der Waals surface area contributed by atoms with Crippen LogP contribution in [0.25, 0.3) is 10.9 Å². The molecule has 0 saturated heterocycles. The fourth-order valence-corrected chi connectivity index (χ4v) is 2.79. The molecule has 0 spiro atoms. The molecule has 2 aromatic rings. The van der Waals surface area contributed by atoms with Crippen LogP contribution < -0.4 is 4.74 Å². The van der Waals surface area contributed by atoms with E-state index < -0.39 is 0 Å². The summed E-state index contributed by atoms with van der Waals surface area (Å²) in [5.41, 5.74) is 2.01. The predicted molar refractivity (Wildman–Crippen MR) is 84.8 cm³/mol. The molecular weight excluding hydrogens is 278 g/mol. The van der Waals surface area contributed by atoms with E-state index in [1.165, 1.54) is 7.11 Å². The van der Waals surface area contributed by atoms with E-state index in [1.54, 1.807) is 6.20 Å². The number of carbonyl (C=O) groups is 1. The summed E-state index contributed by atoms with van der Waals surface area (Å²) >= 11 is 0. The predicted octanol–water partition coefficient (Wildman–Crippen LogP) is 3.29. The van der Waals surface area contributed by atoms with Gasteiger partial charge in [0.1, 0.15) is 17.4 Å². The Morgan fingerprint density at radius 2 is 2.27 bits per heavy atom. The highest BCUT2D eigenvalue weighted by Crippen LogP contribution is 2.35. The summed E-state index contributed by atoms with van der Waals surface area (Å²) in [6, 6.07) is 8.07. The summed E-state index contributed by atoms with van der Waals surface area (Å²) in [5, 5.41) is 1.06. The van der Waals surface area contributed by atoms with E-state index in [9.17, 15) is 4.79 Å². The molecule has 4 nitrogen and oxygen atoms in total. The van der Waals surface area contributed by atoms with Crippen LogP contribution in [0, 0.1) is 5.92 Å². The second-order valence-electron chi connectivity index (χ2n) is 5.59. The Morgan fingerprint density at radius 3 is 3.00 bits per heavy atom. The molecule has 1 aromatic carbocycles. The zero-order valence-electron chi connectivity index (χ0n) is 12.6. The van der Waals surface area contributed by atoms with E-state index >= 15 is 0 Å². The number of pyridine rings is 1. The molecule has 1 aliphatic carbocycles. The third-order valence-corrected chi connectivity index (χ3v) is 4.03. The van der Waals surface area contributed by atoms with Gasteiger partial charge >= 0.3 is 5.97 Å². The highest BCUT2D eigenvalue weighted by atomic mass is 16.5. The van der Waals surface area contributed by atoms with Gasteiger partial charge in [-0.1, -0.05) is 12.1 Å². The molecule has 1 saturated carbocycles. The summed E-state index contributed by atoms with van der Waals surface area (Å²) < 4.78 is 10.8. The second kappa shape index (κ2) is 6.18. The van der Waals surface area contributed by atoms with Crippen LogP contribution >= 0.6 is 0 Å². The SMILES string of the molecule is C=CCc1cc(OC2CC(C(=O)OC)C2)c2ncccc2c1. The third kappa shape index (κ3) is 2.82.